The zero-order valence-corrected chi connectivity index (χ0v) is 29.4. The molecule has 15 heteroatoms. The fourth-order valence-corrected chi connectivity index (χ4v) is 11.5. The second-order valence-electron chi connectivity index (χ2n) is 13.2. The van der Waals surface area contributed by atoms with Crippen LogP contribution in [0.5, 0.6) is 17.2 Å². The molecule has 0 spiro atoms. The summed E-state index contributed by atoms with van der Waals surface area (Å²) < 4.78 is 56.5. The van der Waals surface area contributed by atoms with Crippen molar-refractivity contribution < 1.29 is 41.8 Å². The molecule has 4 aliphatic rings. The number of halogens is 3. The van der Waals surface area contributed by atoms with Gasteiger partial charge in [-0.3, -0.25) is 24.1 Å². The van der Waals surface area contributed by atoms with E-state index in [-0.39, 0.29) is 63.7 Å². The van der Waals surface area contributed by atoms with Gasteiger partial charge < -0.3 is 24.5 Å². The maximum atomic E-state index is 14.1. The fraction of sp³-hybridized carbons (Fsp3) is 0.351. The van der Waals surface area contributed by atoms with E-state index in [4.69, 9.17) is 14.2 Å². The summed E-state index contributed by atoms with van der Waals surface area (Å²) in [5.74, 6) is -1.25. The number of hydrogen-bond acceptors (Lipinski definition) is 9. The van der Waals surface area contributed by atoms with Gasteiger partial charge in [-0.1, -0.05) is 23.5 Å². The Kier molecular flexibility index (Phi) is 8.60. The predicted molar refractivity (Wildman–Crippen MR) is 187 cm³/mol. The van der Waals surface area contributed by atoms with E-state index in [1.807, 2.05) is 12.1 Å². The molecule has 3 heterocycles. The van der Waals surface area contributed by atoms with Gasteiger partial charge in [0.15, 0.2) is 18.1 Å². The lowest BCUT2D eigenvalue weighted by molar-refractivity contribution is -0.137. The molecule has 1 saturated heterocycles. The van der Waals surface area contributed by atoms with Crippen LogP contribution in [0.15, 0.2) is 76.6 Å². The Balaban J connectivity index is 1.07. The minimum Gasteiger partial charge on any atom is -0.497 e. The number of imide groups is 1. The van der Waals surface area contributed by atoms with Crippen LogP contribution in [0.1, 0.15) is 35.3 Å². The van der Waals surface area contributed by atoms with Gasteiger partial charge in [0.25, 0.3) is 5.91 Å². The second-order valence-corrected chi connectivity index (χ2v) is 15.4. The lowest BCUT2D eigenvalue weighted by Gasteiger charge is -2.43. The molecule has 1 aromatic heterocycles. The Labute approximate surface area is 303 Å². The first kappa shape index (κ1) is 34.3. The molecule has 3 aromatic carbocycles. The molecule has 270 valence electrons. The average molecular weight is 752 g/mol. The third-order valence-corrected chi connectivity index (χ3v) is 13.1. The molecule has 8 rings (SSSR count). The van der Waals surface area contributed by atoms with Gasteiger partial charge in [0.1, 0.15) is 5.75 Å². The second kappa shape index (κ2) is 13.0. The zero-order valence-electron chi connectivity index (χ0n) is 27.8. The number of fused-ring (bicyclic) bond motifs is 9. The standard InChI is InChI=1S/C37H32F3N3O7S2/c1-3-49-25-13-17(7-12-24(25)50-16-26(44)41-19-6-4-5-18(14-19)37(38,39)40)27-28-22-15-23(31(28)51-33-32(27)52-36(47)42-33)30-29(22)34(45)43(35(30)46)20-8-10-21(48-2)11-9-20/h4-14,22-23,27-31H,3,15-16H2,1-2H3,(H,41,44)(H,42,47)/t22?,23?,27-,28?,29?,30?,31?/m1/s1. The lowest BCUT2D eigenvalue weighted by atomic mass is 9.68. The van der Waals surface area contributed by atoms with Gasteiger partial charge in [-0.2, -0.15) is 13.2 Å². The highest BCUT2D eigenvalue weighted by Gasteiger charge is 2.69. The molecule has 0 radical (unpaired) electrons. The topological polar surface area (TPSA) is 127 Å². The number of rotatable bonds is 9. The Bertz CT molecular complexity index is 2140. The van der Waals surface area contributed by atoms with E-state index in [1.165, 1.54) is 17.0 Å². The quantitative estimate of drug-likeness (QED) is 0.184. The van der Waals surface area contributed by atoms with Crippen LogP contribution in [0.4, 0.5) is 24.5 Å². The first-order valence-corrected chi connectivity index (χ1v) is 18.4. The minimum absolute atomic E-state index is 0.0162. The molecule has 2 N–H and O–H groups in total. The van der Waals surface area contributed by atoms with Gasteiger partial charge in [0.2, 0.25) is 11.8 Å². The van der Waals surface area contributed by atoms with E-state index >= 15 is 0 Å². The van der Waals surface area contributed by atoms with Crippen molar-refractivity contribution in [3.05, 3.63) is 92.4 Å². The number of methoxy groups -OCH3 is 1. The van der Waals surface area contributed by atoms with Crippen LogP contribution in [-0.2, 0) is 20.6 Å². The SMILES string of the molecule is CCOc1cc([C@H]2c3sc(=O)[nH]c3SC3C4CC(C5C(=O)N(c6ccc(OC)cc6)C(=O)C45)C32)ccc1OCC(=O)Nc1cccc(C(F)(F)F)c1. The van der Waals surface area contributed by atoms with Gasteiger partial charge in [-0.15, -0.1) is 11.8 Å². The number of carbonyl (C=O) groups is 3. The zero-order chi connectivity index (χ0) is 36.5. The summed E-state index contributed by atoms with van der Waals surface area (Å²) in [6.07, 6.45) is -3.83. The molecule has 2 bridgehead atoms. The Morgan fingerprint density at radius 3 is 2.42 bits per heavy atom. The monoisotopic (exact) mass is 751 g/mol. The summed E-state index contributed by atoms with van der Waals surface area (Å²) in [5.41, 5.74) is 0.450. The van der Waals surface area contributed by atoms with Crippen molar-refractivity contribution in [1.29, 1.82) is 0 Å². The molecule has 2 aliphatic carbocycles. The highest BCUT2D eigenvalue weighted by atomic mass is 32.2. The van der Waals surface area contributed by atoms with Crippen LogP contribution in [0, 0.1) is 29.6 Å². The number of amides is 3. The van der Waals surface area contributed by atoms with E-state index in [0.717, 1.165) is 45.4 Å². The van der Waals surface area contributed by atoms with E-state index in [2.05, 4.69) is 10.3 Å². The van der Waals surface area contributed by atoms with Gasteiger partial charge in [-0.05, 0) is 91.3 Å². The average Bonchev–Trinajstić information content (AvgIpc) is 3.86. The van der Waals surface area contributed by atoms with Crippen LogP contribution in [-0.4, -0.2) is 48.3 Å². The maximum Gasteiger partial charge on any atom is 0.416 e. The number of aromatic amines is 1. The molecule has 2 saturated carbocycles. The van der Waals surface area contributed by atoms with Crippen LogP contribution in [0.2, 0.25) is 0 Å². The molecular weight excluding hydrogens is 720 g/mol. The van der Waals surface area contributed by atoms with E-state index < -0.39 is 36.1 Å². The smallest absolute Gasteiger partial charge is 0.416 e. The van der Waals surface area contributed by atoms with Crippen LogP contribution in [0.25, 0.3) is 0 Å². The summed E-state index contributed by atoms with van der Waals surface area (Å²) in [6, 6.07) is 16.6. The summed E-state index contributed by atoms with van der Waals surface area (Å²) in [6.45, 7) is 1.59. The molecule has 3 amide bonds. The number of nitrogens with zero attached hydrogens (tertiary/aromatic N) is 1. The molecular formula is C37H32F3N3O7S2. The summed E-state index contributed by atoms with van der Waals surface area (Å²) in [4.78, 5) is 58.5. The number of hydrogen-bond donors (Lipinski definition) is 2. The number of carbonyl (C=O) groups excluding carboxylic acids is 3. The number of ether oxygens (including phenoxy) is 3. The number of thioether (sulfide) groups is 1. The Morgan fingerprint density at radius 1 is 0.962 bits per heavy atom. The molecule has 7 atom stereocenters. The third kappa shape index (κ3) is 5.74. The minimum atomic E-state index is -4.55. The highest BCUT2D eigenvalue weighted by Crippen LogP contribution is 2.69. The van der Waals surface area contributed by atoms with Crippen LogP contribution in [0.3, 0.4) is 0 Å². The molecule has 10 nitrogen and oxygen atoms in total. The number of nitrogens with one attached hydrogen (secondary N) is 2. The van der Waals surface area contributed by atoms with E-state index in [0.29, 0.717) is 17.2 Å². The first-order chi connectivity index (χ1) is 25.0. The number of H-pyrrole nitrogens is 1. The highest BCUT2D eigenvalue weighted by molar-refractivity contribution is 8.00. The van der Waals surface area contributed by atoms with Crippen LogP contribution >= 0.6 is 23.1 Å². The molecule has 3 fully saturated rings. The van der Waals surface area contributed by atoms with Gasteiger partial charge >= 0.3 is 11.0 Å². The molecule has 52 heavy (non-hydrogen) atoms. The van der Waals surface area contributed by atoms with Crippen LogP contribution < -0.4 is 29.3 Å². The third-order valence-electron chi connectivity index (χ3n) is 10.5. The maximum absolute atomic E-state index is 14.1. The Hall–Kier alpha value is -4.76. The summed E-state index contributed by atoms with van der Waals surface area (Å²) >= 11 is 2.73. The molecule has 6 unspecified atom stereocenters. The fourth-order valence-electron chi connectivity index (χ4n) is 8.60. The first-order valence-electron chi connectivity index (χ1n) is 16.7. The number of alkyl halides is 3. The predicted octanol–water partition coefficient (Wildman–Crippen LogP) is 6.56. The van der Waals surface area contributed by atoms with Crippen molar-refractivity contribution in [1.82, 2.24) is 4.98 Å². The van der Waals surface area contributed by atoms with Gasteiger partial charge in [-0.25, -0.2) is 0 Å². The normalized spacial score (nSPS) is 25.8. The Morgan fingerprint density at radius 2 is 1.71 bits per heavy atom. The van der Waals surface area contributed by atoms with Crippen molar-refractivity contribution in [2.24, 2.45) is 29.6 Å². The molecule has 4 aromatic rings. The number of benzene rings is 3. The summed E-state index contributed by atoms with van der Waals surface area (Å²) in [7, 11) is 1.55. The number of aromatic nitrogens is 1. The van der Waals surface area contributed by atoms with Crippen molar-refractivity contribution in [3.63, 3.8) is 0 Å². The van der Waals surface area contributed by atoms with Crippen molar-refractivity contribution in [3.8, 4) is 17.2 Å². The van der Waals surface area contributed by atoms with Gasteiger partial charge in [0, 0.05) is 21.7 Å². The van der Waals surface area contributed by atoms with Gasteiger partial charge in [0.05, 0.1) is 41.8 Å². The van der Waals surface area contributed by atoms with Crippen molar-refractivity contribution >= 4 is 52.2 Å². The van der Waals surface area contributed by atoms with E-state index in [1.54, 1.807) is 56.1 Å². The van der Waals surface area contributed by atoms with Crippen molar-refractivity contribution in [2.75, 3.05) is 30.5 Å². The number of thiazole rings is 1. The largest absolute Gasteiger partial charge is 0.497 e. The van der Waals surface area contributed by atoms with Crippen molar-refractivity contribution in [2.45, 2.75) is 35.7 Å². The summed E-state index contributed by atoms with van der Waals surface area (Å²) in [5, 5.41) is 3.18. The number of anilines is 2. The lowest BCUT2D eigenvalue weighted by Crippen LogP contribution is -2.42. The molecule has 2 aliphatic heterocycles. The van der Waals surface area contributed by atoms with E-state index in [9.17, 15) is 32.3 Å².